The van der Waals surface area contributed by atoms with Gasteiger partial charge in [-0.1, -0.05) is 6.07 Å². The summed E-state index contributed by atoms with van der Waals surface area (Å²) < 4.78 is 0. The van der Waals surface area contributed by atoms with E-state index in [1.807, 2.05) is 19.1 Å². The van der Waals surface area contributed by atoms with Crippen molar-refractivity contribution in [3.05, 3.63) is 57.0 Å². The molecule has 0 fully saturated rings. The molecular formula is C16H18N4O2. The standard InChI is InChI=1S/C16H18N4O2/c1-10-4-3-5-14(17-10)16(22)20-8-6-12-13(7-9-20)18-11(2)19-15(12)21/h3-5H,6-9H2,1-2H3,(H,18,19,21). The van der Waals surface area contributed by atoms with E-state index in [9.17, 15) is 9.59 Å². The van der Waals surface area contributed by atoms with E-state index in [-0.39, 0.29) is 11.5 Å². The minimum absolute atomic E-state index is 0.0921. The van der Waals surface area contributed by atoms with E-state index in [0.29, 0.717) is 43.0 Å². The predicted molar refractivity (Wildman–Crippen MR) is 81.9 cm³/mol. The van der Waals surface area contributed by atoms with Crippen molar-refractivity contribution in [2.24, 2.45) is 0 Å². The molecule has 0 bridgehead atoms. The molecule has 22 heavy (non-hydrogen) atoms. The van der Waals surface area contributed by atoms with Crippen LogP contribution in [0.5, 0.6) is 0 Å². The van der Waals surface area contributed by atoms with Crippen molar-refractivity contribution >= 4 is 5.91 Å². The fraction of sp³-hybridized carbons (Fsp3) is 0.375. The number of pyridine rings is 1. The highest BCUT2D eigenvalue weighted by Crippen LogP contribution is 2.13. The van der Waals surface area contributed by atoms with Gasteiger partial charge < -0.3 is 9.88 Å². The summed E-state index contributed by atoms with van der Waals surface area (Å²) >= 11 is 0. The summed E-state index contributed by atoms with van der Waals surface area (Å²) in [5.74, 6) is 0.522. The number of hydrogen-bond acceptors (Lipinski definition) is 4. The van der Waals surface area contributed by atoms with Crippen LogP contribution in [0.25, 0.3) is 0 Å². The SMILES string of the molecule is Cc1cccc(C(=O)N2CCc3nc(C)[nH]c(=O)c3CC2)n1. The molecule has 0 aliphatic carbocycles. The number of H-pyrrole nitrogens is 1. The van der Waals surface area contributed by atoms with Crippen molar-refractivity contribution in [3.8, 4) is 0 Å². The van der Waals surface area contributed by atoms with Crippen molar-refractivity contribution in [3.63, 3.8) is 0 Å². The summed E-state index contributed by atoms with van der Waals surface area (Å²) in [6.45, 7) is 4.69. The lowest BCUT2D eigenvalue weighted by atomic mass is 10.1. The van der Waals surface area contributed by atoms with Crippen LogP contribution >= 0.6 is 0 Å². The first-order valence-electron chi connectivity index (χ1n) is 7.36. The van der Waals surface area contributed by atoms with Crippen molar-refractivity contribution < 1.29 is 4.79 Å². The van der Waals surface area contributed by atoms with Gasteiger partial charge in [-0.05, 0) is 32.4 Å². The zero-order chi connectivity index (χ0) is 15.7. The van der Waals surface area contributed by atoms with E-state index >= 15 is 0 Å². The van der Waals surface area contributed by atoms with E-state index in [1.165, 1.54) is 0 Å². The Morgan fingerprint density at radius 3 is 2.73 bits per heavy atom. The van der Waals surface area contributed by atoms with Gasteiger partial charge in [0.25, 0.3) is 11.5 Å². The largest absolute Gasteiger partial charge is 0.337 e. The molecule has 0 aromatic carbocycles. The fourth-order valence-electron chi connectivity index (χ4n) is 2.76. The second-order valence-corrected chi connectivity index (χ2v) is 5.53. The Bertz CT molecular complexity index is 782. The summed E-state index contributed by atoms with van der Waals surface area (Å²) in [6, 6.07) is 5.42. The topological polar surface area (TPSA) is 79.0 Å². The van der Waals surface area contributed by atoms with E-state index in [1.54, 1.807) is 17.9 Å². The van der Waals surface area contributed by atoms with E-state index in [4.69, 9.17) is 0 Å². The van der Waals surface area contributed by atoms with E-state index in [2.05, 4.69) is 15.0 Å². The van der Waals surface area contributed by atoms with Crippen LogP contribution < -0.4 is 5.56 Å². The number of aryl methyl sites for hydroxylation is 2. The predicted octanol–water partition coefficient (Wildman–Crippen LogP) is 1.02. The smallest absolute Gasteiger partial charge is 0.272 e. The highest BCUT2D eigenvalue weighted by atomic mass is 16.2. The molecule has 0 radical (unpaired) electrons. The Labute approximate surface area is 128 Å². The molecule has 0 unspecified atom stereocenters. The monoisotopic (exact) mass is 298 g/mol. The third kappa shape index (κ3) is 2.77. The molecule has 2 aromatic rings. The fourth-order valence-corrected chi connectivity index (χ4v) is 2.76. The lowest BCUT2D eigenvalue weighted by Crippen LogP contribution is -2.34. The molecule has 1 N–H and O–H groups in total. The molecule has 0 spiro atoms. The van der Waals surface area contributed by atoms with Crippen LogP contribution in [-0.2, 0) is 12.8 Å². The van der Waals surface area contributed by atoms with Gasteiger partial charge in [-0.3, -0.25) is 9.59 Å². The van der Waals surface area contributed by atoms with Crippen molar-refractivity contribution in [1.29, 1.82) is 0 Å². The molecule has 3 rings (SSSR count). The second-order valence-electron chi connectivity index (χ2n) is 5.53. The zero-order valence-electron chi connectivity index (χ0n) is 12.7. The number of rotatable bonds is 1. The Morgan fingerprint density at radius 1 is 1.18 bits per heavy atom. The highest BCUT2D eigenvalue weighted by Gasteiger charge is 2.23. The minimum atomic E-state index is -0.0929. The average molecular weight is 298 g/mol. The normalized spacial score (nSPS) is 14.4. The van der Waals surface area contributed by atoms with Crippen LogP contribution in [0.3, 0.4) is 0 Å². The molecule has 1 amide bonds. The van der Waals surface area contributed by atoms with Gasteiger partial charge in [-0.15, -0.1) is 0 Å². The molecule has 114 valence electrons. The van der Waals surface area contributed by atoms with Gasteiger partial charge in [0, 0.05) is 30.8 Å². The van der Waals surface area contributed by atoms with Gasteiger partial charge in [0.05, 0.1) is 5.69 Å². The number of carbonyl (C=O) groups excluding carboxylic acids is 1. The number of hydrogen-bond donors (Lipinski definition) is 1. The number of nitrogens with zero attached hydrogens (tertiary/aromatic N) is 3. The third-order valence-corrected chi connectivity index (χ3v) is 3.86. The number of aromatic nitrogens is 3. The van der Waals surface area contributed by atoms with Gasteiger partial charge in [0.15, 0.2) is 0 Å². The third-order valence-electron chi connectivity index (χ3n) is 3.86. The first kappa shape index (κ1) is 14.4. The number of aromatic amines is 1. The quantitative estimate of drug-likeness (QED) is 0.852. The lowest BCUT2D eigenvalue weighted by Gasteiger charge is -2.19. The number of carbonyl (C=O) groups is 1. The minimum Gasteiger partial charge on any atom is -0.337 e. The average Bonchev–Trinajstić information content (AvgIpc) is 2.69. The van der Waals surface area contributed by atoms with Gasteiger partial charge in [-0.25, -0.2) is 9.97 Å². The Morgan fingerprint density at radius 2 is 1.95 bits per heavy atom. The molecule has 6 heteroatoms. The number of fused-ring (bicyclic) bond motifs is 1. The summed E-state index contributed by atoms with van der Waals surface area (Å²) in [7, 11) is 0. The summed E-state index contributed by atoms with van der Waals surface area (Å²) in [6.07, 6.45) is 1.12. The Hall–Kier alpha value is -2.50. The van der Waals surface area contributed by atoms with Gasteiger partial charge in [-0.2, -0.15) is 0 Å². The van der Waals surface area contributed by atoms with Gasteiger partial charge in [0.2, 0.25) is 0 Å². The van der Waals surface area contributed by atoms with Crippen molar-refractivity contribution in [1.82, 2.24) is 19.9 Å². The maximum atomic E-state index is 12.6. The second kappa shape index (κ2) is 5.71. The van der Waals surface area contributed by atoms with E-state index in [0.717, 1.165) is 11.4 Å². The molecule has 6 nitrogen and oxygen atoms in total. The van der Waals surface area contributed by atoms with Gasteiger partial charge >= 0.3 is 0 Å². The first-order valence-corrected chi connectivity index (χ1v) is 7.36. The molecule has 2 aromatic heterocycles. The maximum absolute atomic E-state index is 12.6. The summed E-state index contributed by atoms with van der Waals surface area (Å²) in [4.78, 5) is 37.7. The van der Waals surface area contributed by atoms with Gasteiger partial charge in [0.1, 0.15) is 11.5 Å². The highest BCUT2D eigenvalue weighted by molar-refractivity contribution is 5.92. The van der Waals surface area contributed by atoms with Crippen LogP contribution in [0, 0.1) is 13.8 Å². The summed E-state index contributed by atoms with van der Waals surface area (Å²) in [5.41, 5.74) is 2.67. The summed E-state index contributed by atoms with van der Waals surface area (Å²) in [5, 5.41) is 0. The van der Waals surface area contributed by atoms with Crippen LogP contribution in [0.2, 0.25) is 0 Å². The molecule has 0 saturated heterocycles. The Balaban J connectivity index is 1.84. The molecule has 0 atom stereocenters. The van der Waals surface area contributed by atoms with E-state index < -0.39 is 0 Å². The zero-order valence-corrected chi connectivity index (χ0v) is 12.7. The molecular weight excluding hydrogens is 280 g/mol. The lowest BCUT2D eigenvalue weighted by molar-refractivity contribution is 0.0757. The van der Waals surface area contributed by atoms with Crippen LogP contribution in [-0.4, -0.2) is 38.8 Å². The van der Waals surface area contributed by atoms with Crippen LogP contribution in [0.4, 0.5) is 0 Å². The molecule has 0 saturated carbocycles. The molecule has 1 aliphatic heterocycles. The first-order chi connectivity index (χ1) is 10.5. The van der Waals surface area contributed by atoms with Crippen molar-refractivity contribution in [2.75, 3.05) is 13.1 Å². The van der Waals surface area contributed by atoms with Crippen molar-refractivity contribution in [2.45, 2.75) is 26.7 Å². The molecule has 3 heterocycles. The van der Waals surface area contributed by atoms with Crippen LogP contribution in [0.1, 0.15) is 33.3 Å². The van der Waals surface area contributed by atoms with Crippen LogP contribution in [0.15, 0.2) is 23.0 Å². The number of nitrogens with one attached hydrogen (secondary N) is 1. The Kier molecular flexibility index (Phi) is 3.75. The molecule has 1 aliphatic rings. The maximum Gasteiger partial charge on any atom is 0.272 e. The number of amides is 1.